The van der Waals surface area contributed by atoms with Gasteiger partial charge >= 0.3 is 0 Å². The highest BCUT2D eigenvalue weighted by Gasteiger charge is 2.52. The molecule has 0 aliphatic carbocycles. The Labute approximate surface area is 73.4 Å². The maximum absolute atomic E-state index is 9.12. The third-order valence-electron chi connectivity index (χ3n) is 1.81. The monoisotopic (exact) mass is 195 g/mol. The molecule has 1 aliphatic rings. The van der Waals surface area contributed by atoms with Crippen LogP contribution in [0.4, 0.5) is 0 Å². The van der Waals surface area contributed by atoms with Crippen LogP contribution in [0.2, 0.25) is 0 Å². The summed E-state index contributed by atoms with van der Waals surface area (Å²) in [6.07, 6.45) is -7.53. The number of ether oxygens (including phenoxy) is 1. The van der Waals surface area contributed by atoms with Crippen LogP contribution in [-0.4, -0.2) is 61.0 Å². The van der Waals surface area contributed by atoms with Crippen LogP contribution in [0.3, 0.4) is 0 Å². The van der Waals surface area contributed by atoms with Gasteiger partial charge in [-0.05, 0) is 0 Å². The van der Waals surface area contributed by atoms with E-state index in [4.69, 9.17) is 30.6 Å². The van der Waals surface area contributed by atoms with Crippen LogP contribution >= 0.6 is 0 Å². The largest absolute Gasteiger partial charge is 0.387 e. The van der Waals surface area contributed by atoms with Gasteiger partial charge in [-0.1, -0.05) is 0 Å². The van der Waals surface area contributed by atoms with Crippen molar-refractivity contribution in [2.45, 2.75) is 30.4 Å². The fourth-order valence-corrected chi connectivity index (χ4v) is 1.05. The lowest BCUT2D eigenvalue weighted by Crippen LogP contribution is -2.64. The molecule has 6 N–H and O–H groups in total. The second-order valence-corrected chi connectivity index (χ2v) is 2.82. The minimum absolute atomic E-state index is 0.694. The zero-order valence-corrected chi connectivity index (χ0v) is 6.48. The van der Waals surface area contributed by atoms with E-state index >= 15 is 0 Å². The Kier molecular flexibility index (Phi) is 2.88. The average molecular weight is 195 g/mol. The topological polar surface area (TPSA) is 131 Å². The van der Waals surface area contributed by atoms with Crippen LogP contribution in [-0.2, 0) is 4.74 Å². The van der Waals surface area contributed by atoms with Gasteiger partial charge in [0.05, 0.1) is 0 Å². The van der Waals surface area contributed by atoms with E-state index in [1.165, 1.54) is 0 Å². The molecule has 3 atom stereocenters. The maximum atomic E-state index is 9.12. The number of aliphatic hydroxyl groups excluding tert-OH is 3. The van der Waals surface area contributed by atoms with Crippen LogP contribution in [0.25, 0.3) is 0 Å². The van der Waals surface area contributed by atoms with Gasteiger partial charge in [-0.2, -0.15) is 0 Å². The first-order valence-corrected chi connectivity index (χ1v) is 3.53. The molecule has 0 unspecified atom stereocenters. The molecule has 77 valence electrons. The predicted octanol–water partition coefficient (Wildman–Crippen LogP) is -3.74. The van der Waals surface area contributed by atoms with Crippen LogP contribution in [0.15, 0.2) is 0 Å². The minimum atomic E-state index is -2.90. The summed E-state index contributed by atoms with van der Waals surface area (Å²) in [5, 5.41) is 53.4. The maximum Gasteiger partial charge on any atom is 0.224 e. The molecule has 1 rings (SSSR count). The summed E-state index contributed by atoms with van der Waals surface area (Å²) in [6, 6.07) is 0. The van der Waals surface area contributed by atoms with Gasteiger partial charge in [0.2, 0.25) is 5.79 Å². The fourth-order valence-electron chi connectivity index (χ4n) is 1.05. The van der Waals surface area contributed by atoms with E-state index in [0.29, 0.717) is 6.61 Å². The molecule has 0 spiro atoms. The molecule has 0 saturated carbocycles. The summed E-state index contributed by atoms with van der Waals surface area (Å²) >= 11 is 0. The Hall–Kier alpha value is -0.280. The zero-order chi connectivity index (χ0) is 10.2. The summed E-state index contributed by atoms with van der Waals surface area (Å²) in [5.74, 6) is -2.90. The molecule has 7 nitrogen and oxygen atoms in total. The highest BCUT2D eigenvalue weighted by molar-refractivity contribution is 4.97. The lowest BCUT2D eigenvalue weighted by Gasteiger charge is -2.41. The highest BCUT2D eigenvalue weighted by atomic mass is 16.6. The lowest BCUT2D eigenvalue weighted by molar-refractivity contribution is -0.350. The van der Waals surface area contributed by atoms with E-state index in [9.17, 15) is 0 Å². The van der Waals surface area contributed by atoms with E-state index in [-0.39, 0.29) is 0 Å². The molecule has 1 saturated heterocycles. The number of hydrogen-bond acceptors (Lipinski definition) is 7. The Morgan fingerprint density at radius 2 is 1.77 bits per heavy atom. The lowest BCUT2D eigenvalue weighted by atomic mass is 9.95. The van der Waals surface area contributed by atoms with Crippen LogP contribution in [0, 0.1) is 6.61 Å². The normalized spacial score (nSPS) is 39.5. The quantitative estimate of drug-likeness (QED) is 0.237. The average Bonchev–Trinajstić information content (AvgIpc) is 1.99. The summed E-state index contributed by atoms with van der Waals surface area (Å²) in [4.78, 5) is 0. The van der Waals surface area contributed by atoms with Crippen molar-refractivity contribution in [2.24, 2.45) is 0 Å². The van der Waals surface area contributed by atoms with Crippen molar-refractivity contribution in [1.29, 1.82) is 0 Å². The zero-order valence-electron chi connectivity index (χ0n) is 6.48. The van der Waals surface area contributed by atoms with Crippen molar-refractivity contribution in [3.63, 3.8) is 0 Å². The van der Waals surface area contributed by atoms with Gasteiger partial charge in [0.25, 0.3) is 0 Å². The molecule has 13 heavy (non-hydrogen) atoms. The summed E-state index contributed by atoms with van der Waals surface area (Å²) in [7, 11) is 0. The first-order valence-electron chi connectivity index (χ1n) is 3.53. The second-order valence-electron chi connectivity index (χ2n) is 2.82. The summed E-state index contributed by atoms with van der Waals surface area (Å²) in [6.45, 7) is 0.694. The van der Waals surface area contributed by atoms with Crippen molar-refractivity contribution >= 4 is 0 Å². The molecule has 1 radical (unpaired) electrons. The van der Waals surface area contributed by atoms with Gasteiger partial charge in [0.1, 0.15) is 18.8 Å². The SMILES string of the molecule is OC(O)[C@H]1O[CH][C@@H](O)[C@@H](O)C1(O)O. The van der Waals surface area contributed by atoms with Gasteiger partial charge in [0.15, 0.2) is 12.4 Å². The number of rotatable bonds is 1. The number of hydrogen-bond donors (Lipinski definition) is 6. The van der Waals surface area contributed by atoms with Gasteiger partial charge in [-0.15, -0.1) is 0 Å². The Morgan fingerprint density at radius 3 is 2.23 bits per heavy atom. The Balaban J connectivity index is 2.79. The third kappa shape index (κ3) is 1.81. The van der Waals surface area contributed by atoms with Gasteiger partial charge in [-0.3, -0.25) is 0 Å². The molecule has 0 aromatic carbocycles. The van der Waals surface area contributed by atoms with Gasteiger partial charge in [0, 0.05) is 0 Å². The highest BCUT2D eigenvalue weighted by Crippen LogP contribution is 2.27. The van der Waals surface area contributed by atoms with Crippen LogP contribution < -0.4 is 0 Å². The molecule has 7 heteroatoms. The van der Waals surface area contributed by atoms with Crippen LogP contribution in [0.1, 0.15) is 0 Å². The van der Waals surface area contributed by atoms with E-state index in [0.717, 1.165) is 0 Å². The molecule has 1 fully saturated rings. The smallest absolute Gasteiger partial charge is 0.224 e. The molecule has 0 amide bonds. The predicted molar refractivity (Wildman–Crippen MR) is 36.6 cm³/mol. The Morgan fingerprint density at radius 1 is 1.23 bits per heavy atom. The van der Waals surface area contributed by atoms with Crippen molar-refractivity contribution in [3.8, 4) is 0 Å². The van der Waals surface area contributed by atoms with Crippen molar-refractivity contribution < 1.29 is 35.4 Å². The van der Waals surface area contributed by atoms with Crippen LogP contribution in [0.5, 0.6) is 0 Å². The number of aliphatic hydroxyl groups is 6. The molecular formula is C6H11O7. The molecule has 1 heterocycles. The standard InChI is InChI=1S/C6H11O7/c7-2-1-13-4(5(9)10)6(11,12)3(2)8/h1-5,7-12H/t2-,3-,4-/m1/s1. The van der Waals surface area contributed by atoms with E-state index in [1.54, 1.807) is 0 Å². The second kappa shape index (κ2) is 3.46. The molecular weight excluding hydrogens is 184 g/mol. The van der Waals surface area contributed by atoms with Crippen molar-refractivity contribution in [3.05, 3.63) is 6.61 Å². The van der Waals surface area contributed by atoms with Gasteiger partial charge in [-0.25, -0.2) is 0 Å². The molecule has 0 aromatic heterocycles. The third-order valence-corrected chi connectivity index (χ3v) is 1.81. The van der Waals surface area contributed by atoms with Crippen molar-refractivity contribution in [2.75, 3.05) is 0 Å². The summed E-state index contributed by atoms with van der Waals surface area (Å²) < 4.78 is 4.40. The van der Waals surface area contributed by atoms with Gasteiger partial charge < -0.3 is 35.4 Å². The first kappa shape index (κ1) is 10.8. The molecule has 0 aromatic rings. The molecule has 0 bridgehead atoms. The molecule has 1 aliphatic heterocycles. The fraction of sp³-hybridized carbons (Fsp3) is 0.833. The minimum Gasteiger partial charge on any atom is -0.387 e. The van der Waals surface area contributed by atoms with E-state index in [1.807, 2.05) is 0 Å². The first-order chi connectivity index (χ1) is 5.87. The van der Waals surface area contributed by atoms with E-state index in [2.05, 4.69) is 4.74 Å². The van der Waals surface area contributed by atoms with E-state index < -0.39 is 30.4 Å². The summed E-state index contributed by atoms with van der Waals surface area (Å²) in [5.41, 5.74) is 0. The van der Waals surface area contributed by atoms with Crippen molar-refractivity contribution in [1.82, 2.24) is 0 Å². The Bertz CT molecular complexity index is 180.